The average Bonchev–Trinajstić information content (AvgIpc) is 3.69. The Labute approximate surface area is 367 Å². The predicted octanol–water partition coefficient (Wildman–Crippen LogP) is 15.5. The fourth-order valence-electron chi connectivity index (χ4n) is 10.2. The molecule has 0 fully saturated rings. The van der Waals surface area contributed by atoms with Crippen LogP contribution in [0.25, 0.3) is 88.8 Å². The number of aromatic nitrogens is 2. The van der Waals surface area contributed by atoms with Crippen LogP contribution in [0.2, 0.25) is 0 Å². The highest BCUT2D eigenvalue weighted by molar-refractivity contribution is 6.12. The molecule has 2 nitrogen and oxygen atoms in total. The van der Waals surface area contributed by atoms with Gasteiger partial charge in [0.15, 0.2) is 5.82 Å². The van der Waals surface area contributed by atoms with Gasteiger partial charge in [0.25, 0.3) is 0 Å². The van der Waals surface area contributed by atoms with Crippen molar-refractivity contribution in [2.75, 3.05) is 0 Å². The Balaban J connectivity index is 1.10. The highest BCUT2D eigenvalue weighted by Gasteiger charge is 2.47. The number of nitrogens with zero attached hydrogens (tertiary/aromatic N) is 2. The van der Waals surface area contributed by atoms with Gasteiger partial charge in [-0.15, -0.1) is 0 Å². The molecule has 294 valence electrons. The normalized spacial score (nSPS) is 12.6. The van der Waals surface area contributed by atoms with Crippen molar-refractivity contribution in [2.45, 2.75) is 5.41 Å². The minimum atomic E-state index is -0.525. The molecule has 0 unspecified atom stereocenters. The van der Waals surface area contributed by atoms with Crippen LogP contribution in [0.15, 0.2) is 243 Å². The first-order valence-corrected chi connectivity index (χ1v) is 21.7. The molecule has 0 saturated heterocycles. The average molecular weight is 801 g/mol. The molecule has 1 aliphatic rings. The van der Waals surface area contributed by atoms with E-state index in [0.717, 1.165) is 44.4 Å². The Bertz CT molecular complexity index is 3450. The molecule has 0 spiro atoms. The molecule has 1 aromatic heterocycles. The van der Waals surface area contributed by atoms with E-state index < -0.39 is 5.41 Å². The predicted molar refractivity (Wildman–Crippen MR) is 262 cm³/mol. The summed E-state index contributed by atoms with van der Waals surface area (Å²) in [6.45, 7) is 0. The van der Waals surface area contributed by atoms with Crippen LogP contribution in [0, 0.1) is 0 Å². The quantitative estimate of drug-likeness (QED) is 0.160. The fourth-order valence-corrected chi connectivity index (χ4v) is 10.2. The second-order valence-corrected chi connectivity index (χ2v) is 16.4. The topological polar surface area (TPSA) is 25.8 Å². The molecule has 0 amide bonds. The summed E-state index contributed by atoms with van der Waals surface area (Å²) in [5.74, 6) is 0.695. The first kappa shape index (κ1) is 36.6. The van der Waals surface area contributed by atoms with Crippen molar-refractivity contribution in [3.63, 3.8) is 0 Å². The van der Waals surface area contributed by atoms with E-state index in [1.165, 1.54) is 60.8 Å². The Morgan fingerprint density at radius 1 is 0.286 bits per heavy atom. The summed E-state index contributed by atoms with van der Waals surface area (Å²) in [6, 6.07) is 87.7. The summed E-state index contributed by atoms with van der Waals surface area (Å²) in [6.07, 6.45) is 0. The maximum Gasteiger partial charge on any atom is 0.161 e. The van der Waals surface area contributed by atoms with Gasteiger partial charge in [-0.05, 0) is 95.4 Å². The summed E-state index contributed by atoms with van der Waals surface area (Å²) in [5.41, 5.74) is 16.7. The number of rotatable bonds is 7. The van der Waals surface area contributed by atoms with Crippen LogP contribution in [-0.4, -0.2) is 9.97 Å². The maximum absolute atomic E-state index is 5.38. The summed E-state index contributed by atoms with van der Waals surface area (Å²) >= 11 is 0. The van der Waals surface area contributed by atoms with Gasteiger partial charge in [0.05, 0.1) is 16.8 Å². The molecule has 0 saturated carbocycles. The van der Waals surface area contributed by atoms with Crippen molar-refractivity contribution >= 4 is 21.5 Å². The summed E-state index contributed by atoms with van der Waals surface area (Å²) in [4.78, 5) is 10.7. The van der Waals surface area contributed by atoms with Crippen molar-refractivity contribution < 1.29 is 0 Å². The third kappa shape index (κ3) is 5.95. The second kappa shape index (κ2) is 15.1. The first-order chi connectivity index (χ1) is 31.3. The number of hydrogen-bond acceptors (Lipinski definition) is 2. The SMILES string of the molecule is c1ccc(-c2cccc(-c3cc(-c4ccccc4)nc(-c4ccc(-c5cccc6c5-c5c(ccc7ccccc57)C6(c5ccccc5)c5ccccc5)c5ccccc45)n3)c2)cc1. The zero-order chi connectivity index (χ0) is 41.7. The summed E-state index contributed by atoms with van der Waals surface area (Å²) in [5, 5.41) is 4.75. The smallest absolute Gasteiger partial charge is 0.161 e. The van der Waals surface area contributed by atoms with E-state index in [2.05, 4.69) is 237 Å². The molecule has 12 rings (SSSR count). The van der Waals surface area contributed by atoms with Crippen LogP contribution in [0.4, 0.5) is 0 Å². The molecule has 0 N–H and O–H groups in total. The molecule has 63 heavy (non-hydrogen) atoms. The monoisotopic (exact) mass is 800 g/mol. The van der Waals surface area contributed by atoms with Gasteiger partial charge in [0, 0.05) is 16.7 Å². The lowest BCUT2D eigenvalue weighted by atomic mass is 9.67. The summed E-state index contributed by atoms with van der Waals surface area (Å²) < 4.78 is 0. The molecule has 0 atom stereocenters. The highest BCUT2D eigenvalue weighted by Crippen LogP contribution is 2.60. The van der Waals surface area contributed by atoms with Gasteiger partial charge in [0.2, 0.25) is 0 Å². The maximum atomic E-state index is 5.38. The van der Waals surface area contributed by atoms with Gasteiger partial charge in [-0.1, -0.05) is 224 Å². The van der Waals surface area contributed by atoms with Crippen molar-refractivity contribution in [1.29, 1.82) is 0 Å². The Morgan fingerprint density at radius 3 is 1.49 bits per heavy atom. The second-order valence-electron chi connectivity index (χ2n) is 16.4. The van der Waals surface area contributed by atoms with Gasteiger partial charge in [-0.2, -0.15) is 0 Å². The van der Waals surface area contributed by atoms with E-state index >= 15 is 0 Å². The van der Waals surface area contributed by atoms with E-state index in [4.69, 9.17) is 9.97 Å². The lowest BCUT2D eigenvalue weighted by Crippen LogP contribution is -2.28. The third-order valence-corrected chi connectivity index (χ3v) is 13.0. The van der Waals surface area contributed by atoms with E-state index in [1.54, 1.807) is 0 Å². The van der Waals surface area contributed by atoms with Crippen LogP contribution in [0.1, 0.15) is 22.3 Å². The minimum absolute atomic E-state index is 0.525. The van der Waals surface area contributed by atoms with Crippen molar-refractivity contribution in [1.82, 2.24) is 9.97 Å². The van der Waals surface area contributed by atoms with Gasteiger partial charge in [-0.3, -0.25) is 0 Å². The summed E-state index contributed by atoms with van der Waals surface area (Å²) in [7, 11) is 0. The lowest BCUT2D eigenvalue weighted by molar-refractivity contribution is 0.769. The molecule has 0 aliphatic heterocycles. The lowest BCUT2D eigenvalue weighted by Gasteiger charge is -2.34. The number of hydrogen-bond donors (Lipinski definition) is 0. The Kier molecular flexibility index (Phi) is 8.76. The minimum Gasteiger partial charge on any atom is -0.228 e. The molecule has 10 aromatic carbocycles. The van der Waals surface area contributed by atoms with Crippen LogP contribution in [-0.2, 0) is 5.41 Å². The van der Waals surface area contributed by atoms with Crippen LogP contribution in [0.5, 0.6) is 0 Å². The molecule has 1 aliphatic carbocycles. The van der Waals surface area contributed by atoms with E-state index in [0.29, 0.717) is 5.82 Å². The molecule has 2 heteroatoms. The molecule has 1 heterocycles. The van der Waals surface area contributed by atoms with Crippen molar-refractivity contribution in [2.24, 2.45) is 0 Å². The van der Waals surface area contributed by atoms with E-state index in [9.17, 15) is 0 Å². The van der Waals surface area contributed by atoms with Gasteiger partial charge in [0.1, 0.15) is 0 Å². The molecular formula is C61H40N2. The number of benzene rings is 10. The van der Waals surface area contributed by atoms with Gasteiger partial charge >= 0.3 is 0 Å². The molecule has 0 radical (unpaired) electrons. The largest absolute Gasteiger partial charge is 0.228 e. The third-order valence-electron chi connectivity index (χ3n) is 13.0. The Hall–Kier alpha value is -8.20. The fraction of sp³-hybridized carbons (Fsp3) is 0.0164. The molecule has 0 bridgehead atoms. The zero-order valence-electron chi connectivity index (χ0n) is 34.5. The molecule has 11 aromatic rings. The van der Waals surface area contributed by atoms with Crippen LogP contribution >= 0.6 is 0 Å². The van der Waals surface area contributed by atoms with E-state index in [-0.39, 0.29) is 0 Å². The van der Waals surface area contributed by atoms with Gasteiger partial charge < -0.3 is 0 Å². The first-order valence-electron chi connectivity index (χ1n) is 21.7. The molecular weight excluding hydrogens is 761 g/mol. The number of fused-ring (bicyclic) bond motifs is 6. The van der Waals surface area contributed by atoms with Crippen molar-refractivity contribution in [3.05, 3.63) is 265 Å². The Morgan fingerprint density at radius 2 is 0.794 bits per heavy atom. The standard InChI is InChI=1S/C61H40N2/c1-5-19-41(20-6-1)44-24-17-25-45(39-44)57-40-56(43-22-7-2-8-23-43)62-60(63-57)53-37-36-51(49-31-15-16-32-50(49)53)52-33-18-34-54-59(52)58-48-30-14-13-21-42(48)35-38-55(58)61(54,46-26-9-3-10-27-46)47-28-11-4-12-29-47/h1-40H. The van der Waals surface area contributed by atoms with Gasteiger partial charge in [-0.25, -0.2) is 9.97 Å². The van der Waals surface area contributed by atoms with E-state index in [1.807, 2.05) is 6.07 Å². The highest BCUT2D eigenvalue weighted by atomic mass is 14.9. The van der Waals surface area contributed by atoms with Crippen LogP contribution in [0.3, 0.4) is 0 Å². The van der Waals surface area contributed by atoms with Crippen molar-refractivity contribution in [3.8, 4) is 67.3 Å². The zero-order valence-corrected chi connectivity index (χ0v) is 34.5. The van der Waals surface area contributed by atoms with Crippen LogP contribution < -0.4 is 0 Å².